The average molecular weight is 448 g/mol. The van der Waals surface area contributed by atoms with Gasteiger partial charge in [-0.25, -0.2) is 9.36 Å². The second-order valence-corrected chi connectivity index (χ2v) is 7.74. The highest BCUT2D eigenvalue weighted by molar-refractivity contribution is 5.92. The van der Waals surface area contributed by atoms with E-state index in [1.54, 1.807) is 26.1 Å². The predicted octanol–water partition coefficient (Wildman–Crippen LogP) is 2.84. The molecular weight excluding hydrogens is 424 g/mol. The summed E-state index contributed by atoms with van der Waals surface area (Å²) in [6.07, 6.45) is 1.64. The summed E-state index contributed by atoms with van der Waals surface area (Å²) in [5.74, 6) is -0.320. The molecule has 11 nitrogen and oxygen atoms in total. The number of hydrogen-bond acceptors (Lipinski definition) is 6. The Morgan fingerprint density at radius 1 is 1.00 bits per heavy atom. The molecule has 4 aromatic rings. The van der Waals surface area contributed by atoms with E-state index >= 15 is 0 Å². The van der Waals surface area contributed by atoms with Crippen LogP contribution in [0.2, 0.25) is 0 Å². The van der Waals surface area contributed by atoms with Crippen molar-refractivity contribution in [3.63, 3.8) is 0 Å². The number of para-hydroxylation sites is 1. The Hall–Kier alpha value is -4.28. The lowest BCUT2D eigenvalue weighted by Crippen LogP contribution is -2.24. The highest BCUT2D eigenvalue weighted by Crippen LogP contribution is 2.22. The largest absolute Gasteiger partial charge is 0.346 e. The molecule has 170 valence electrons. The minimum Gasteiger partial charge on any atom is -0.346 e. The zero-order valence-corrected chi connectivity index (χ0v) is 18.8. The Labute approximate surface area is 189 Å². The van der Waals surface area contributed by atoms with Crippen molar-refractivity contribution in [2.45, 2.75) is 40.9 Å². The minimum atomic E-state index is -0.444. The van der Waals surface area contributed by atoms with Crippen LogP contribution in [0.3, 0.4) is 0 Å². The van der Waals surface area contributed by atoms with Gasteiger partial charge in [0.15, 0.2) is 0 Å². The molecule has 1 N–H and O–H groups in total. The van der Waals surface area contributed by atoms with Gasteiger partial charge in [0.05, 0.1) is 16.3 Å². The fourth-order valence-corrected chi connectivity index (χ4v) is 3.80. The van der Waals surface area contributed by atoms with Crippen LogP contribution in [-0.4, -0.2) is 40.2 Å². The fraction of sp³-hybridized carbons (Fsp3) is 0.273. The Balaban J connectivity index is 1.45. The molecule has 3 aromatic heterocycles. The maximum atomic E-state index is 12.7. The highest BCUT2D eigenvalue weighted by atomic mass is 16.6. The number of carbonyl (C=O) groups excluding carboxylic acids is 1. The van der Waals surface area contributed by atoms with Gasteiger partial charge in [-0.1, -0.05) is 18.2 Å². The summed E-state index contributed by atoms with van der Waals surface area (Å²) in [6.45, 7) is 7.59. The molecule has 0 spiro atoms. The van der Waals surface area contributed by atoms with Crippen LogP contribution in [0.25, 0.3) is 5.69 Å². The van der Waals surface area contributed by atoms with Gasteiger partial charge in [0.25, 0.3) is 5.91 Å². The quantitative estimate of drug-likeness (QED) is 0.342. The van der Waals surface area contributed by atoms with Gasteiger partial charge in [-0.05, 0) is 45.9 Å². The summed E-state index contributed by atoms with van der Waals surface area (Å²) in [7, 11) is 0. The van der Waals surface area contributed by atoms with Crippen LogP contribution >= 0.6 is 0 Å². The molecule has 33 heavy (non-hydrogen) atoms. The molecule has 0 aliphatic rings. The van der Waals surface area contributed by atoms with Crippen molar-refractivity contribution in [3.8, 4) is 5.69 Å². The monoisotopic (exact) mass is 448 g/mol. The van der Waals surface area contributed by atoms with E-state index in [1.807, 2.05) is 48.9 Å². The summed E-state index contributed by atoms with van der Waals surface area (Å²) in [5, 5.41) is 27.2. The number of carbonyl (C=O) groups is 1. The molecule has 0 saturated carbocycles. The number of aromatic nitrogens is 6. The van der Waals surface area contributed by atoms with Crippen LogP contribution in [0.4, 0.5) is 5.69 Å². The van der Waals surface area contributed by atoms with Crippen LogP contribution in [0.5, 0.6) is 0 Å². The normalized spacial score (nSPS) is 11.0. The van der Waals surface area contributed by atoms with Crippen molar-refractivity contribution in [1.29, 1.82) is 0 Å². The second-order valence-electron chi connectivity index (χ2n) is 7.74. The van der Waals surface area contributed by atoms with Gasteiger partial charge < -0.3 is 5.32 Å². The second kappa shape index (κ2) is 8.69. The molecular formula is C22H24N8O3. The van der Waals surface area contributed by atoms with Crippen molar-refractivity contribution >= 4 is 11.6 Å². The number of rotatable bonds is 7. The smallest absolute Gasteiger partial charge is 0.312 e. The molecule has 3 heterocycles. The van der Waals surface area contributed by atoms with Gasteiger partial charge in [-0.2, -0.15) is 15.3 Å². The van der Waals surface area contributed by atoms with Gasteiger partial charge in [0, 0.05) is 24.0 Å². The van der Waals surface area contributed by atoms with E-state index in [4.69, 9.17) is 0 Å². The summed E-state index contributed by atoms with van der Waals surface area (Å²) < 4.78 is 4.87. The Morgan fingerprint density at radius 2 is 1.73 bits per heavy atom. The van der Waals surface area contributed by atoms with E-state index in [1.165, 1.54) is 9.36 Å². The van der Waals surface area contributed by atoms with Crippen molar-refractivity contribution in [1.82, 2.24) is 34.7 Å². The number of nitro groups is 1. The van der Waals surface area contributed by atoms with Gasteiger partial charge in [0.1, 0.15) is 23.8 Å². The first-order valence-electron chi connectivity index (χ1n) is 10.4. The van der Waals surface area contributed by atoms with Crippen LogP contribution < -0.4 is 5.32 Å². The third kappa shape index (κ3) is 4.25. The lowest BCUT2D eigenvalue weighted by Gasteiger charge is -2.06. The standard InChI is InChI=1S/C22H24N8O3/c1-14-19(16(3)29(25-14)18-8-6-5-7-9-18)12-23-22(31)20-10-11-27(26-20)13-28-17(4)21(30(32)33)15(2)24-28/h5-11H,12-13H2,1-4H3,(H,23,31). The number of nitrogens with zero attached hydrogens (tertiary/aromatic N) is 7. The minimum absolute atomic E-state index is 0.0121. The summed E-state index contributed by atoms with van der Waals surface area (Å²) in [4.78, 5) is 23.4. The molecule has 0 fully saturated rings. The number of benzene rings is 1. The van der Waals surface area contributed by atoms with Gasteiger partial charge in [0.2, 0.25) is 0 Å². The first kappa shape index (κ1) is 21.9. The van der Waals surface area contributed by atoms with Crippen LogP contribution in [-0.2, 0) is 13.2 Å². The molecule has 11 heteroatoms. The Kier molecular flexibility index (Phi) is 5.78. The van der Waals surface area contributed by atoms with E-state index in [9.17, 15) is 14.9 Å². The van der Waals surface area contributed by atoms with E-state index in [0.717, 1.165) is 22.6 Å². The lowest BCUT2D eigenvalue weighted by molar-refractivity contribution is -0.386. The van der Waals surface area contributed by atoms with Crippen molar-refractivity contribution < 1.29 is 9.72 Å². The first-order chi connectivity index (χ1) is 15.8. The maximum Gasteiger partial charge on any atom is 0.312 e. The van der Waals surface area contributed by atoms with E-state index in [0.29, 0.717) is 17.9 Å². The van der Waals surface area contributed by atoms with E-state index in [2.05, 4.69) is 20.6 Å². The van der Waals surface area contributed by atoms with Gasteiger partial charge >= 0.3 is 5.69 Å². The fourth-order valence-electron chi connectivity index (χ4n) is 3.80. The third-order valence-electron chi connectivity index (χ3n) is 5.55. The zero-order chi connectivity index (χ0) is 23.7. The molecule has 0 unspecified atom stereocenters. The summed E-state index contributed by atoms with van der Waals surface area (Å²) in [5.41, 5.74) is 4.70. The molecule has 0 atom stereocenters. The molecule has 1 aromatic carbocycles. The average Bonchev–Trinajstić information content (AvgIpc) is 3.44. The van der Waals surface area contributed by atoms with Crippen molar-refractivity contribution in [2.24, 2.45) is 0 Å². The molecule has 0 radical (unpaired) electrons. The highest BCUT2D eigenvalue weighted by Gasteiger charge is 2.22. The molecule has 4 rings (SSSR count). The predicted molar refractivity (Wildman–Crippen MR) is 120 cm³/mol. The summed E-state index contributed by atoms with van der Waals surface area (Å²) in [6, 6.07) is 11.4. The van der Waals surface area contributed by atoms with Crippen LogP contribution in [0.15, 0.2) is 42.6 Å². The zero-order valence-electron chi connectivity index (χ0n) is 18.8. The van der Waals surface area contributed by atoms with Crippen LogP contribution in [0, 0.1) is 37.8 Å². The van der Waals surface area contributed by atoms with Crippen molar-refractivity contribution in [3.05, 3.63) is 86.7 Å². The van der Waals surface area contributed by atoms with Crippen molar-refractivity contribution in [2.75, 3.05) is 0 Å². The summed E-state index contributed by atoms with van der Waals surface area (Å²) >= 11 is 0. The first-order valence-corrected chi connectivity index (χ1v) is 10.4. The number of amides is 1. The maximum absolute atomic E-state index is 12.7. The van der Waals surface area contributed by atoms with Crippen LogP contribution in [0.1, 0.15) is 38.8 Å². The van der Waals surface area contributed by atoms with Gasteiger partial charge in [-0.15, -0.1) is 0 Å². The number of nitrogens with one attached hydrogen (secondary N) is 1. The SMILES string of the molecule is Cc1nn(-c2ccccc2)c(C)c1CNC(=O)c1ccn(Cn2nc(C)c([N+](=O)[O-])c2C)n1. The number of aryl methyl sites for hydroxylation is 2. The van der Waals surface area contributed by atoms with E-state index in [-0.39, 0.29) is 24.0 Å². The van der Waals surface area contributed by atoms with E-state index < -0.39 is 4.92 Å². The molecule has 0 aliphatic carbocycles. The van der Waals surface area contributed by atoms with Gasteiger partial charge in [-0.3, -0.25) is 19.6 Å². The molecule has 0 saturated heterocycles. The topological polar surface area (TPSA) is 126 Å². The number of hydrogen-bond donors (Lipinski definition) is 1. The molecule has 1 amide bonds. The lowest BCUT2D eigenvalue weighted by atomic mass is 10.2. The molecule has 0 bridgehead atoms. The Morgan fingerprint density at radius 3 is 2.39 bits per heavy atom. The molecule has 0 aliphatic heterocycles. The Bertz CT molecular complexity index is 1330. The third-order valence-corrected chi connectivity index (χ3v) is 5.55.